The Kier molecular flexibility index (Phi) is 6.14. The summed E-state index contributed by atoms with van der Waals surface area (Å²) in [6.45, 7) is 4.62. The average molecular weight is 383 g/mol. The van der Waals surface area contributed by atoms with Gasteiger partial charge < -0.3 is 15.4 Å². The summed E-state index contributed by atoms with van der Waals surface area (Å²) in [6.07, 6.45) is 0.871. The van der Waals surface area contributed by atoms with Crippen molar-refractivity contribution >= 4 is 28.9 Å². The van der Waals surface area contributed by atoms with E-state index in [-0.39, 0.29) is 0 Å². The molecule has 1 heterocycles. The number of aryl methyl sites for hydroxylation is 1. The smallest absolute Gasteiger partial charge is 0.136 e. The third-order valence-corrected chi connectivity index (χ3v) is 4.63. The molecule has 0 radical (unpaired) electrons. The van der Waals surface area contributed by atoms with Gasteiger partial charge in [-0.25, -0.2) is 9.97 Å². The highest BCUT2D eigenvalue weighted by molar-refractivity contribution is 6.31. The summed E-state index contributed by atoms with van der Waals surface area (Å²) >= 11 is 6.20. The molecule has 27 heavy (non-hydrogen) atoms. The number of benzene rings is 2. The Morgan fingerprint density at radius 3 is 2.59 bits per heavy atom. The number of hydrogen-bond donors (Lipinski definition) is 2. The highest BCUT2D eigenvalue weighted by Crippen LogP contribution is 2.26. The first-order valence-electron chi connectivity index (χ1n) is 8.80. The van der Waals surface area contributed by atoms with E-state index in [1.807, 2.05) is 56.3 Å². The average Bonchev–Trinajstić information content (AvgIpc) is 2.65. The van der Waals surface area contributed by atoms with Crippen LogP contribution >= 0.6 is 11.6 Å². The lowest BCUT2D eigenvalue weighted by atomic mass is 10.1. The van der Waals surface area contributed by atoms with Gasteiger partial charge in [0.05, 0.1) is 7.11 Å². The molecule has 5 nitrogen and oxygen atoms in total. The minimum absolute atomic E-state index is 0.698. The highest BCUT2D eigenvalue weighted by atomic mass is 35.5. The van der Waals surface area contributed by atoms with Crippen molar-refractivity contribution in [2.24, 2.45) is 0 Å². The monoisotopic (exact) mass is 382 g/mol. The van der Waals surface area contributed by atoms with Gasteiger partial charge in [0.1, 0.15) is 23.2 Å². The number of halogens is 1. The Morgan fingerprint density at radius 2 is 1.78 bits per heavy atom. The molecular formula is C21H23ClN4O. The zero-order valence-corrected chi connectivity index (χ0v) is 16.5. The zero-order valence-electron chi connectivity index (χ0n) is 15.7. The van der Waals surface area contributed by atoms with Gasteiger partial charge in [-0.15, -0.1) is 0 Å². The topological polar surface area (TPSA) is 59.1 Å². The van der Waals surface area contributed by atoms with E-state index in [1.54, 1.807) is 7.11 Å². The van der Waals surface area contributed by atoms with E-state index in [0.29, 0.717) is 5.82 Å². The summed E-state index contributed by atoms with van der Waals surface area (Å²) in [5.41, 5.74) is 3.13. The van der Waals surface area contributed by atoms with Gasteiger partial charge in [0, 0.05) is 23.3 Å². The van der Waals surface area contributed by atoms with Gasteiger partial charge in [0.15, 0.2) is 0 Å². The van der Waals surface area contributed by atoms with Crippen LogP contribution in [0.1, 0.15) is 17.0 Å². The minimum atomic E-state index is 0.698. The molecule has 140 valence electrons. The summed E-state index contributed by atoms with van der Waals surface area (Å²) in [6, 6.07) is 15.7. The van der Waals surface area contributed by atoms with Crippen LogP contribution in [0, 0.1) is 13.8 Å². The van der Waals surface area contributed by atoms with Crippen LogP contribution in [0.15, 0.2) is 48.5 Å². The third-order valence-electron chi connectivity index (χ3n) is 4.22. The van der Waals surface area contributed by atoms with E-state index in [0.717, 1.165) is 46.6 Å². The molecule has 3 rings (SSSR count). The van der Waals surface area contributed by atoms with Crippen molar-refractivity contribution in [1.82, 2.24) is 9.97 Å². The summed E-state index contributed by atoms with van der Waals surface area (Å²) < 4.78 is 5.27. The fourth-order valence-electron chi connectivity index (χ4n) is 2.77. The fraction of sp³-hybridized carbons (Fsp3) is 0.238. The Bertz CT molecular complexity index is 930. The second kappa shape index (κ2) is 8.73. The molecule has 0 unspecified atom stereocenters. The van der Waals surface area contributed by atoms with Crippen molar-refractivity contribution in [3.8, 4) is 5.75 Å². The lowest BCUT2D eigenvalue weighted by Crippen LogP contribution is -2.08. The molecule has 0 atom stereocenters. The molecule has 0 fully saturated rings. The first-order chi connectivity index (χ1) is 13.0. The van der Waals surface area contributed by atoms with E-state index in [4.69, 9.17) is 16.3 Å². The lowest BCUT2D eigenvalue weighted by molar-refractivity contribution is 0.414. The molecule has 2 N–H and O–H groups in total. The standard InChI is InChI=1S/C21H23ClN4O/c1-14-18(22)8-5-9-19(14)26-21-13-20(24-15(2)25-21)23-11-10-16-6-4-7-17(12-16)27-3/h4-9,12-13H,10-11H2,1-3H3,(H2,23,24,25,26). The Hall–Kier alpha value is -2.79. The van der Waals surface area contributed by atoms with Gasteiger partial charge in [-0.05, 0) is 55.7 Å². The van der Waals surface area contributed by atoms with Crippen molar-refractivity contribution in [2.75, 3.05) is 24.3 Å². The maximum absolute atomic E-state index is 6.20. The molecule has 0 aliphatic heterocycles. The highest BCUT2D eigenvalue weighted by Gasteiger charge is 2.06. The number of aromatic nitrogens is 2. The first-order valence-corrected chi connectivity index (χ1v) is 9.17. The van der Waals surface area contributed by atoms with Gasteiger partial charge >= 0.3 is 0 Å². The van der Waals surface area contributed by atoms with Crippen molar-refractivity contribution in [3.63, 3.8) is 0 Å². The van der Waals surface area contributed by atoms with Crippen LogP contribution in [0.5, 0.6) is 5.75 Å². The summed E-state index contributed by atoms with van der Waals surface area (Å²) in [7, 11) is 1.68. The van der Waals surface area contributed by atoms with Gasteiger partial charge in [-0.2, -0.15) is 0 Å². The van der Waals surface area contributed by atoms with Crippen molar-refractivity contribution in [2.45, 2.75) is 20.3 Å². The summed E-state index contributed by atoms with van der Waals surface area (Å²) in [4.78, 5) is 8.93. The van der Waals surface area contributed by atoms with Gasteiger partial charge in [0.2, 0.25) is 0 Å². The van der Waals surface area contributed by atoms with Crippen molar-refractivity contribution < 1.29 is 4.74 Å². The first kappa shape index (κ1) is 19.0. The Labute approximate surface area is 164 Å². The van der Waals surface area contributed by atoms with Crippen LogP contribution in [0.3, 0.4) is 0 Å². The van der Waals surface area contributed by atoms with E-state index in [2.05, 4.69) is 26.7 Å². The third kappa shape index (κ3) is 5.11. The van der Waals surface area contributed by atoms with Crippen molar-refractivity contribution in [3.05, 3.63) is 70.5 Å². The van der Waals surface area contributed by atoms with E-state index >= 15 is 0 Å². The fourth-order valence-corrected chi connectivity index (χ4v) is 2.94. The number of hydrogen-bond acceptors (Lipinski definition) is 5. The van der Waals surface area contributed by atoms with Crippen LogP contribution in [0.25, 0.3) is 0 Å². The lowest BCUT2D eigenvalue weighted by Gasteiger charge is -2.12. The predicted octanol–water partition coefficient (Wildman–Crippen LogP) is 5.15. The molecule has 0 amide bonds. The Morgan fingerprint density at radius 1 is 1.00 bits per heavy atom. The van der Waals surface area contributed by atoms with Crippen LogP contribution < -0.4 is 15.4 Å². The molecule has 0 saturated carbocycles. The van der Waals surface area contributed by atoms with Crippen LogP contribution in [0.2, 0.25) is 5.02 Å². The van der Waals surface area contributed by atoms with Gasteiger partial charge in [-0.3, -0.25) is 0 Å². The zero-order chi connectivity index (χ0) is 19.2. The molecule has 3 aromatic rings. The second-order valence-electron chi connectivity index (χ2n) is 6.25. The van der Waals surface area contributed by atoms with E-state index in [9.17, 15) is 0 Å². The molecule has 0 saturated heterocycles. The largest absolute Gasteiger partial charge is 0.497 e. The predicted molar refractivity (Wildman–Crippen MR) is 111 cm³/mol. The number of rotatable bonds is 7. The molecule has 0 bridgehead atoms. The second-order valence-corrected chi connectivity index (χ2v) is 6.66. The van der Waals surface area contributed by atoms with Crippen molar-refractivity contribution in [1.29, 1.82) is 0 Å². The molecule has 0 aliphatic carbocycles. The quantitative estimate of drug-likeness (QED) is 0.591. The molecular weight excluding hydrogens is 360 g/mol. The van der Waals surface area contributed by atoms with Gasteiger partial charge in [-0.1, -0.05) is 29.8 Å². The Balaban J connectivity index is 1.67. The number of nitrogens with one attached hydrogen (secondary N) is 2. The summed E-state index contributed by atoms with van der Waals surface area (Å²) in [5, 5.41) is 7.42. The molecule has 0 spiro atoms. The number of ether oxygens (including phenoxy) is 1. The van der Waals surface area contributed by atoms with E-state index in [1.165, 1.54) is 5.56 Å². The number of anilines is 3. The van der Waals surface area contributed by atoms with E-state index < -0.39 is 0 Å². The maximum Gasteiger partial charge on any atom is 0.136 e. The molecule has 1 aromatic heterocycles. The maximum atomic E-state index is 6.20. The summed E-state index contributed by atoms with van der Waals surface area (Å²) in [5.74, 6) is 3.08. The van der Waals surface area contributed by atoms with Crippen LogP contribution in [-0.4, -0.2) is 23.6 Å². The normalized spacial score (nSPS) is 10.5. The minimum Gasteiger partial charge on any atom is -0.497 e. The molecule has 0 aliphatic rings. The van der Waals surface area contributed by atoms with Crippen LogP contribution in [0.4, 0.5) is 17.3 Å². The van der Waals surface area contributed by atoms with Gasteiger partial charge in [0.25, 0.3) is 0 Å². The molecule has 6 heteroatoms. The number of methoxy groups -OCH3 is 1. The molecule has 2 aromatic carbocycles. The number of nitrogens with zero attached hydrogens (tertiary/aromatic N) is 2. The van der Waals surface area contributed by atoms with Crippen LogP contribution in [-0.2, 0) is 6.42 Å². The SMILES string of the molecule is COc1cccc(CCNc2cc(Nc3cccc(Cl)c3C)nc(C)n2)c1.